The summed E-state index contributed by atoms with van der Waals surface area (Å²) in [6.07, 6.45) is 2.99. The number of likely N-dealkylation sites (tertiary alicyclic amines) is 1. The van der Waals surface area contributed by atoms with Gasteiger partial charge in [0.05, 0.1) is 0 Å². The van der Waals surface area contributed by atoms with E-state index in [1.807, 2.05) is 0 Å². The molecule has 0 aliphatic carbocycles. The van der Waals surface area contributed by atoms with Crippen molar-refractivity contribution in [3.63, 3.8) is 0 Å². The fourth-order valence-electron chi connectivity index (χ4n) is 2.49. The van der Waals surface area contributed by atoms with Gasteiger partial charge in [0.25, 0.3) is 0 Å². The molecule has 21 heavy (non-hydrogen) atoms. The third-order valence-electron chi connectivity index (χ3n) is 3.78. The normalized spacial score (nSPS) is 17.0. The zero-order valence-corrected chi connectivity index (χ0v) is 12.9. The van der Waals surface area contributed by atoms with Crippen LogP contribution in [0.25, 0.3) is 0 Å². The maximum absolute atomic E-state index is 12.9. The van der Waals surface area contributed by atoms with Gasteiger partial charge in [-0.25, -0.2) is 4.39 Å². The first-order valence-electron chi connectivity index (χ1n) is 7.21. The fourth-order valence-corrected chi connectivity index (χ4v) is 3.34. The van der Waals surface area contributed by atoms with E-state index in [0.29, 0.717) is 12.5 Å². The molecule has 0 unspecified atom stereocenters. The number of aromatic nitrogens is 2. The van der Waals surface area contributed by atoms with Crippen LogP contribution in [0.4, 0.5) is 9.52 Å². The quantitative estimate of drug-likeness (QED) is 0.943. The first kappa shape index (κ1) is 14.4. The Balaban J connectivity index is 1.57. The lowest BCUT2D eigenvalue weighted by atomic mass is 10.1. The van der Waals surface area contributed by atoms with Crippen LogP contribution in [-0.2, 0) is 6.42 Å². The van der Waals surface area contributed by atoms with Crippen molar-refractivity contribution in [2.45, 2.75) is 25.3 Å². The molecule has 1 aromatic heterocycles. The highest BCUT2D eigenvalue weighted by Gasteiger charge is 2.17. The van der Waals surface area contributed by atoms with Gasteiger partial charge in [0.1, 0.15) is 10.8 Å². The van der Waals surface area contributed by atoms with Crippen LogP contribution in [-0.4, -0.2) is 41.3 Å². The molecular weight excluding hydrogens is 287 g/mol. The van der Waals surface area contributed by atoms with Crippen LogP contribution < -0.4 is 5.32 Å². The van der Waals surface area contributed by atoms with Gasteiger partial charge < -0.3 is 10.2 Å². The maximum Gasteiger partial charge on any atom is 0.205 e. The lowest BCUT2D eigenvalue weighted by Crippen LogP contribution is -2.36. The monoisotopic (exact) mass is 306 g/mol. The number of hydrogen-bond acceptors (Lipinski definition) is 5. The molecule has 1 fully saturated rings. The summed E-state index contributed by atoms with van der Waals surface area (Å²) in [5.41, 5.74) is 1.05. The highest BCUT2D eigenvalue weighted by atomic mass is 32.1. The minimum atomic E-state index is -0.208. The average Bonchev–Trinajstić information content (AvgIpc) is 2.91. The molecule has 112 valence electrons. The first-order chi connectivity index (χ1) is 10.2. The van der Waals surface area contributed by atoms with Gasteiger partial charge in [-0.2, -0.15) is 0 Å². The summed E-state index contributed by atoms with van der Waals surface area (Å²) in [6, 6.07) is 7.04. The SMILES string of the molecule is CN1CCC(Nc2nnc(Cc3ccc(F)cc3)s2)CC1. The Bertz CT molecular complexity index is 576. The van der Waals surface area contributed by atoms with Gasteiger partial charge in [-0.05, 0) is 50.7 Å². The van der Waals surface area contributed by atoms with Gasteiger partial charge in [-0.15, -0.1) is 10.2 Å². The maximum atomic E-state index is 12.9. The van der Waals surface area contributed by atoms with Crippen molar-refractivity contribution < 1.29 is 4.39 Å². The molecule has 0 atom stereocenters. The van der Waals surface area contributed by atoms with E-state index >= 15 is 0 Å². The van der Waals surface area contributed by atoms with Gasteiger partial charge in [0, 0.05) is 12.5 Å². The van der Waals surface area contributed by atoms with E-state index in [2.05, 4.69) is 27.5 Å². The molecule has 1 saturated heterocycles. The second-order valence-electron chi connectivity index (χ2n) is 5.53. The van der Waals surface area contributed by atoms with E-state index in [0.717, 1.165) is 41.6 Å². The summed E-state index contributed by atoms with van der Waals surface area (Å²) < 4.78 is 12.9. The number of piperidine rings is 1. The van der Waals surface area contributed by atoms with Crippen LogP contribution in [0, 0.1) is 5.82 Å². The van der Waals surface area contributed by atoms with Gasteiger partial charge in [0.2, 0.25) is 5.13 Å². The molecule has 1 aliphatic heterocycles. The average molecular weight is 306 g/mol. The first-order valence-corrected chi connectivity index (χ1v) is 8.02. The molecule has 2 aromatic rings. The topological polar surface area (TPSA) is 41.0 Å². The third-order valence-corrected chi connectivity index (χ3v) is 4.64. The van der Waals surface area contributed by atoms with E-state index in [9.17, 15) is 4.39 Å². The van der Waals surface area contributed by atoms with E-state index < -0.39 is 0 Å². The highest BCUT2D eigenvalue weighted by Crippen LogP contribution is 2.21. The Kier molecular flexibility index (Phi) is 4.45. The summed E-state index contributed by atoms with van der Waals surface area (Å²) in [5, 5.41) is 13.7. The van der Waals surface area contributed by atoms with E-state index in [-0.39, 0.29) is 5.82 Å². The van der Waals surface area contributed by atoms with Crippen LogP contribution in [0.15, 0.2) is 24.3 Å². The zero-order chi connectivity index (χ0) is 14.7. The van der Waals surface area contributed by atoms with E-state index in [4.69, 9.17) is 0 Å². The van der Waals surface area contributed by atoms with Gasteiger partial charge >= 0.3 is 0 Å². The predicted molar refractivity (Wildman–Crippen MR) is 83.3 cm³/mol. The molecule has 0 saturated carbocycles. The van der Waals surface area contributed by atoms with Crippen LogP contribution in [0.5, 0.6) is 0 Å². The Labute approximate surface area is 128 Å². The van der Waals surface area contributed by atoms with Crippen LogP contribution in [0.1, 0.15) is 23.4 Å². The van der Waals surface area contributed by atoms with Gasteiger partial charge in [-0.3, -0.25) is 0 Å². The number of halogens is 1. The second-order valence-corrected chi connectivity index (χ2v) is 6.59. The Hall–Kier alpha value is -1.53. The summed E-state index contributed by atoms with van der Waals surface area (Å²) >= 11 is 1.59. The number of benzene rings is 1. The number of rotatable bonds is 4. The molecular formula is C15H19FN4S. The van der Waals surface area contributed by atoms with Crippen molar-refractivity contribution in [1.29, 1.82) is 0 Å². The van der Waals surface area contributed by atoms with Crippen LogP contribution in [0.2, 0.25) is 0 Å². The minimum absolute atomic E-state index is 0.208. The number of anilines is 1. The zero-order valence-electron chi connectivity index (χ0n) is 12.1. The summed E-state index contributed by atoms with van der Waals surface area (Å²) in [4.78, 5) is 2.35. The molecule has 3 rings (SSSR count). The Morgan fingerprint density at radius 1 is 1.24 bits per heavy atom. The molecule has 2 heterocycles. The molecule has 0 amide bonds. The second kappa shape index (κ2) is 6.49. The summed E-state index contributed by atoms with van der Waals surface area (Å²) in [7, 11) is 2.15. The summed E-state index contributed by atoms with van der Waals surface area (Å²) in [5.74, 6) is -0.208. The van der Waals surface area contributed by atoms with Gasteiger partial charge in [0.15, 0.2) is 0 Å². The van der Waals surface area contributed by atoms with Crippen molar-refractivity contribution in [1.82, 2.24) is 15.1 Å². The van der Waals surface area contributed by atoms with E-state index in [1.54, 1.807) is 23.5 Å². The minimum Gasteiger partial charge on any atom is -0.357 e. The lowest BCUT2D eigenvalue weighted by Gasteiger charge is -2.29. The number of nitrogens with zero attached hydrogens (tertiary/aromatic N) is 3. The molecule has 0 spiro atoms. The largest absolute Gasteiger partial charge is 0.357 e. The van der Waals surface area contributed by atoms with Crippen molar-refractivity contribution in [3.05, 3.63) is 40.7 Å². The molecule has 1 aromatic carbocycles. The number of nitrogens with one attached hydrogen (secondary N) is 1. The lowest BCUT2D eigenvalue weighted by molar-refractivity contribution is 0.264. The van der Waals surface area contributed by atoms with Gasteiger partial charge in [-0.1, -0.05) is 23.5 Å². The predicted octanol–water partition coefficient (Wildman–Crippen LogP) is 2.77. The standard InChI is InChI=1S/C15H19FN4S/c1-20-8-6-13(7-9-20)17-15-19-18-14(21-15)10-11-2-4-12(16)5-3-11/h2-5,13H,6-10H2,1H3,(H,17,19). The fraction of sp³-hybridized carbons (Fsp3) is 0.467. The molecule has 0 bridgehead atoms. The molecule has 6 heteroatoms. The molecule has 1 N–H and O–H groups in total. The summed E-state index contributed by atoms with van der Waals surface area (Å²) in [6.45, 7) is 2.25. The molecule has 1 aliphatic rings. The van der Waals surface area contributed by atoms with Crippen LogP contribution >= 0.6 is 11.3 Å². The highest BCUT2D eigenvalue weighted by molar-refractivity contribution is 7.15. The Morgan fingerprint density at radius 3 is 2.67 bits per heavy atom. The number of hydrogen-bond donors (Lipinski definition) is 1. The van der Waals surface area contributed by atoms with Crippen molar-refractivity contribution in [2.24, 2.45) is 0 Å². The van der Waals surface area contributed by atoms with Crippen molar-refractivity contribution >= 4 is 16.5 Å². The Morgan fingerprint density at radius 2 is 1.95 bits per heavy atom. The molecule has 4 nitrogen and oxygen atoms in total. The smallest absolute Gasteiger partial charge is 0.205 e. The van der Waals surface area contributed by atoms with Crippen molar-refractivity contribution in [3.8, 4) is 0 Å². The third kappa shape index (κ3) is 3.98. The van der Waals surface area contributed by atoms with Crippen LogP contribution in [0.3, 0.4) is 0 Å². The van der Waals surface area contributed by atoms with E-state index in [1.165, 1.54) is 12.1 Å². The molecule has 0 radical (unpaired) electrons. The van der Waals surface area contributed by atoms with Crippen molar-refractivity contribution in [2.75, 3.05) is 25.5 Å².